The Balaban J connectivity index is 2.30. The summed E-state index contributed by atoms with van der Waals surface area (Å²) in [6.45, 7) is 6.49. The SMILES string of the molecule is COCc1ccccc1CC1=C(C)C(F)C(C)C(C)=C1. The Kier molecular flexibility index (Phi) is 4.77. The van der Waals surface area contributed by atoms with E-state index in [-0.39, 0.29) is 5.92 Å². The minimum Gasteiger partial charge on any atom is -0.380 e. The second-order valence-electron chi connectivity index (χ2n) is 5.67. The number of rotatable bonds is 4. The van der Waals surface area contributed by atoms with Crippen molar-refractivity contribution in [2.45, 2.75) is 40.0 Å². The van der Waals surface area contributed by atoms with Gasteiger partial charge in [-0.05, 0) is 42.5 Å². The molecule has 1 aliphatic rings. The van der Waals surface area contributed by atoms with Gasteiger partial charge in [0, 0.05) is 13.0 Å². The number of ether oxygens (including phenoxy) is 1. The Hall–Kier alpha value is -1.41. The van der Waals surface area contributed by atoms with E-state index in [4.69, 9.17) is 4.74 Å². The average Bonchev–Trinajstić information content (AvgIpc) is 2.45. The molecule has 20 heavy (non-hydrogen) atoms. The fraction of sp³-hybridized carbons (Fsp3) is 0.444. The van der Waals surface area contributed by atoms with Crippen LogP contribution in [0.15, 0.2) is 47.1 Å². The molecule has 2 atom stereocenters. The number of halogens is 1. The summed E-state index contributed by atoms with van der Waals surface area (Å²) in [5.74, 6) is -0.00651. The fourth-order valence-corrected chi connectivity index (χ4v) is 2.72. The van der Waals surface area contributed by atoms with E-state index in [0.29, 0.717) is 6.61 Å². The normalized spacial score (nSPS) is 22.9. The molecule has 0 saturated carbocycles. The zero-order valence-corrected chi connectivity index (χ0v) is 12.7. The van der Waals surface area contributed by atoms with Gasteiger partial charge in [-0.15, -0.1) is 0 Å². The van der Waals surface area contributed by atoms with Crippen LogP contribution in [0.1, 0.15) is 31.9 Å². The summed E-state index contributed by atoms with van der Waals surface area (Å²) in [6, 6.07) is 8.22. The summed E-state index contributed by atoms with van der Waals surface area (Å²) in [6.07, 6.45) is 2.07. The molecule has 0 saturated heterocycles. The van der Waals surface area contributed by atoms with Crippen LogP contribution in [-0.4, -0.2) is 13.3 Å². The molecule has 2 rings (SSSR count). The first-order valence-electron chi connectivity index (χ1n) is 7.12. The largest absolute Gasteiger partial charge is 0.380 e. The van der Waals surface area contributed by atoms with E-state index in [9.17, 15) is 4.39 Å². The summed E-state index contributed by atoms with van der Waals surface area (Å²) >= 11 is 0. The highest BCUT2D eigenvalue weighted by atomic mass is 19.1. The molecule has 1 aromatic rings. The lowest BCUT2D eigenvalue weighted by molar-refractivity contribution is 0.184. The smallest absolute Gasteiger partial charge is 0.128 e. The molecule has 0 amide bonds. The van der Waals surface area contributed by atoms with E-state index in [1.165, 1.54) is 11.1 Å². The molecule has 0 spiro atoms. The van der Waals surface area contributed by atoms with Gasteiger partial charge < -0.3 is 4.74 Å². The van der Waals surface area contributed by atoms with Gasteiger partial charge in [-0.1, -0.05) is 42.8 Å². The van der Waals surface area contributed by atoms with Gasteiger partial charge in [0.05, 0.1) is 6.61 Å². The van der Waals surface area contributed by atoms with Crippen molar-refractivity contribution in [1.29, 1.82) is 0 Å². The average molecular weight is 274 g/mol. The highest BCUT2D eigenvalue weighted by Crippen LogP contribution is 2.33. The van der Waals surface area contributed by atoms with Crippen LogP contribution < -0.4 is 0 Å². The van der Waals surface area contributed by atoms with Crippen LogP contribution in [0.5, 0.6) is 0 Å². The topological polar surface area (TPSA) is 9.23 Å². The zero-order chi connectivity index (χ0) is 14.7. The minimum absolute atomic E-state index is 0.00651. The van der Waals surface area contributed by atoms with Crippen molar-refractivity contribution in [1.82, 2.24) is 0 Å². The van der Waals surface area contributed by atoms with Crippen LogP contribution in [0.3, 0.4) is 0 Å². The third-order valence-electron chi connectivity index (χ3n) is 4.28. The van der Waals surface area contributed by atoms with Crippen LogP contribution in [0.25, 0.3) is 0 Å². The maximum Gasteiger partial charge on any atom is 0.128 e. The second kappa shape index (κ2) is 6.36. The number of alkyl halides is 1. The summed E-state index contributed by atoms with van der Waals surface area (Å²) in [4.78, 5) is 0. The van der Waals surface area contributed by atoms with Crippen LogP contribution in [0, 0.1) is 5.92 Å². The highest BCUT2D eigenvalue weighted by molar-refractivity contribution is 5.41. The van der Waals surface area contributed by atoms with Gasteiger partial charge in [-0.2, -0.15) is 0 Å². The Bertz CT molecular complexity index is 542. The molecule has 0 fully saturated rings. The molecular formula is C18H23FO. The molecule has 2 unspecified atom stereocenters. The van der Waals surface area contributed by atoms with Gasteiger partial charge in [-0.25, -0.2) is 4.39 Å². The third-order valence-corrected chi connectivity index (χ3v) is 4.28. The standard InChI is InChI=1S/C18H23FO/c1-12-9-17(14(3)18(19)13(12)2)10-15-7-5-6-8-16(15)11-20-4/h5-9,13,18H,10-11H2,1-4H3. The lowest BCUT2D eigenvalue weighted by atomic mass is 9.82. The molecule has 1 aliphatic carbocycles. The van der Waals surface area contributed by atoms with Gasteiger partial charge >= 0.3 is 0 Å². The summed E-state index contributed by atoms with van der Waals surface area (Å²) < 4.78 is 19.5. The first-order chi connectivity index (χ1) is 9.54. The maximum atomic E-state index is 14.3. The molecule has 0 aromatic heterocycles. The monoisotopic (exact) mass is 274 g/mol. The van der Waals surface area contributed by atoms with Crippen LogP contribution in [-0.2, 0) is 17.8 Å². The van der Waals surface area contributed by atoms with Crippen molar-refractivity contribution in [2.75, 3.05) is 7.11 Å². The van der Waals surface area contributed by atoms with Crippen molar-refractivity contribution in [3.63, 3.8) is 0 Å². The lowest BCUT2D eigenvalue weighted by Crippen LogP contribution is -2.21. The van der Waals surface area contributed by atoms with Crippen molar-refractivity contribution in [3.05, 3.63) is 58.2 Å². The number of hydrogen-bond acceptors (Lipinski definition) is 1. The number of allylic oxidation sites excluding steroid dienone is 4. The van der Waals surface area contributed by atoms with Crippen molar-refractivity contribution in [3.8, 4) is 0 Å². The summed E-state index contributed by atoms with van der Waals surface area (Å²) in [5.41, 5.74) is 5.50. The Morgan fingerprint density at radius 3 is 2.45 bits per heavy atom. The van der Waals surface area contributed by atoms with E-state index in [1.807, 2.05) is 32.9 Å². The van der Waals surface area contributed by atoms with E-state index in [2.05, 4.69) is 18.2 Å². The van der Waals surface area contributed by atoms with E-state index >= 15 is 0 Å². The molecule has 1 aromatic carbocycles. The van der Waals surface area contributed by atoms with Gasteiger partial charge in [-0.3, -0.25) is 0 Å². The Morgan fingerprint density at radius 2 is 1.80 bits per heavy atom. The Labute approximate surface area is 121 Å². The summed E-state index contributed by atoms with van der Waals surface area (Å²) in [5, 5.41) is 0. The van der Waals surface area contributed by atoms with E-state index < -0.39 is 6.17 Å². The predicted molar refractivity (Wildman–Crippen MR) is 81.4 cm³/mol. The van der Waals surface area contributed by atoms with Crippen LogP contribution >= 0.6 is 0 Å². The van der Waals surface area contributed by atoms with Gasteiger partial charge in [0.25, 0.3) is 0 Å². The summed E-state index contributed by atoms with van der Waals surface area (Å²) in [7, 11) is 1.70. The zero-order valence-electron chi connectivity index (χ0n) is 12.7. The van der Waals surface area contributed by atoms with Gasteiger partial charge in [0.2, 0.25) is 0 Å². The quantitative estimate of drug-likeness (QED) is 0.778. The Morgan fingerprint density at radius 1 is 1.15 bits per heavy atom. The van der Waals surface area contributed by atoms with Crippen LogP contribution in [0.4, 0.5) is 4.39 Å². The van der Waals surface area contributed by atoms with Crippen LogP contribution in [0.2, 0.25) is 0 Å². The number of hydrogen-bond donors (Lipinski definition) is 0. The number of methoxy groups -OCH3 is 1. The van der Waals surface area contributed by atoms with Gasteiger partial charge in [0.1, 0.15) is 6.17 Å². The first kappa shape index (κ1) is 15.0. The molecule has 2 heteroatoms. The maximum absolute atomic E-state index is 14.3. The first-order valence-corrected chi connectivity index (χ1v) is 7.12. The molecule has 108 valence electrons. The molecular weight excluding hydrogens is 251 g/mol. The van der Waals surface area contributed by atoms with Crippen molar-refractivity contribution in [2.24, 2.45) is 5.92 Å². The van der Waals surface area contributed by atoms with Gasteiger partial charge in [0.15, 0.2) is 0 Å². The lowest BCUT2D eigenvalue weighted by Gasteiger charge is -2.26. The second-order valence-corrected chi connectivity index (χ2v) is 5.67. The molecule has 0 aliphatic heterocycles. The molecule has 0 radical (unpaired) electrons. The highest BCUT2D eigenvalue weighted by Gasteiger charge is 2.26. The molecule has 0 heterocycles. The van der Waals surface area contributed by atoms with Crippen molar-refractivity contribution < 1.29 is 9.13 Å². The number of benzene rings is 1. The molecule has 0 N–H and O–H groups in total. The van der Waals surface area contributed by atoms with E-state index in [0.717, 1.165) is 23.1 Å². The van der Waals surface area contributed by atoms with Crippen molar-refractivity contribution >= 4 is 0 Å². The molecule has 0 bridgehead atoms. The fourth-order valence-electron chi connectivity index (χ4n) is 2.72. The van der Waals surface area contributed by atoms with E-state index in [1.54, 1.807) is 7.11 Å². The predicted octanol–water partition coefficient (Wildman–Crippen LogP) is 4.63. The third kappa shape index (κ3) is 3.01. The minimum atomic E-state index is -0.857. The molecule has 1 nitrogen and oxygen atoms in total.